The Morgan fingerprint density at radius 3 is 2.00 bits per heavy atom. The molecule has 20 heavy (non-hydrogen) atoms. The molecule has 0 heterocycles. The highest BCUT2D eigenvalue weighted by molar-refractivity contribution is 6.30. The third-order valence-electron chi connectivity index (χ3n) is 3.13. The molecule has 0 aromatic heterocycles. The Balaban J connectivity index is 2.28. The van der Waals surface area contributed by atoms with Crippen molar-refractivity contribution in [1.29, 1.82) is 0 Å². The minimum atomic E-state index is -1.10. The lowest BCUT2D eigenvalue weighted by atomic mass is 9.94. The molecule has 0 radical (unpaired) electrons. The molecule has 102 valence electrons. The molecule has 0 saturated carbocycles. The molecule has 2 aromatic rings. The van der Waals surface area contributed by atoms with Crippen molar-refractivity contribution in [3.05, 3.63) is 59.1 Å². The maximum absolute atomic E-state index is 10.3. The van der Waals surface area contributed by atoms with Gasteiger partial charge in [0.15, 0.2) is 0 Å². The van der Waals surface area contributed by atoms with Gasteiger partial charge in [0.1, 0.15) is 5.60 Å². The summed E-state index contributed by atoms with van der Waals surface area (Å²) in [6.45, 7) is 3.68. The first-order chi connectivity index (χ1) is 9.53. The molecule has 1 atom stereocenters. The third-order valence-corrected chi connectivity index (χ3v) is 3.39. The first kappa shape index (κ1) is 14.7. The lowest BCUT2D eigenvalue weighted by molar-refractivity contribution is 0.122. The summed E-state index contributed by atoms with van der Waals surface area (Å²) in [7, 11) is 0. The van der Waals surface area contributed by atoms with Crippen molar-refractivity contribution in [2.45, 2.75) is 25.9 Å². The predicted molar refractivity (Wildman–Crippen MR) is 84.5 cm³/mol. The van der Waals surface area contributed by atoms with E-state index in [1.165, 1.54) is 0 Å². The molecule has 0 aliphatic heterocycles. The van der Waals surface area contributed by atoms with Crippen LogP contribution in [0.3, 0.4) is 0 Å². The van der Waals surface area contributed by atoms with Crippen LogP contribution in [-0.4, -0.2) is 5.11 Å². The average molecular weight is 285 g/mol. The Labute approximate surface area is 125 Å². The summed E-state index contributed by atoms with van der Waals surface area (Å²) in [6.07, 6.45) is 0.735. The average Bonchev–Trinajstić information content (AvgIpc) is 2.46. The van der Waals surface area contributed by atoms with Gasteiger partial charge in [0, 0.05) is 11.4 Å². The van der Waals surface area contributed by atoms with Gasteiger partial charge in [0.2, 0.25) is 0 Å². The fourth-order valence-corrected chi connectivity index (χ4v) is 2.09. The normalized spacial score (nSPS) is 13.2. The Morgan fingerprint density at radius 1 is 1.00 bits per heavy atom. The Morgan fingerprint density at radius 2 is 1.50 bits per heavy atom. The zero-order chi connectivity index (χ0) is 14.6. The molecule has 1 nitrogen and oxygen atoms in total. The molecule has 2 aromatic carbocycles. The second-order valence-electron chi connectivity index (χ2n) is 4.81. The SMILES string of the molecule is CCC#CC(C)(O)c1ccc(-c2ccc(Cl)cc2)cc1. The number of hydrogen-bond acceptors (Lipinski definition) is 1. The molecular weight excluding hydrogens is 268 g/mol. The van der Waals surface area contributed by atoms with Crippen LogP contribution >= 0.6 is 11.6 Å². The molecule has 1 unspecified atom stereocenters. The minimum Gasteiger partial charge on any atom is -0.374 e. The fraction of sp³-hybridized carbons (Fsp3) is 0.222. The van der Waals surface area contributed by atoms with Gasteiger partial charge in [0.25, 0.3) is 0 Å². The zero-order valence-electron chi connectivity index (χ0n) is 11.7. The molecule has 0 bridgehead atoms. The van der Waals surface area contributed by atoms with Crippen LogP contribution in [0.2, 0.25) is 5.02 Å². The first-order valence-electron chi connectivity index (χ1n) is 6.62. The number of rotatable bonds is 2. The van der Waals surface area contributed by atoms with E-state index in [0.29, 0.717) is 0 Å². The number of halogens is 1. The summed E-state index contributed by atoms with van der Waals surface area (Å²) in [5.74, 6) is 5.80. The number of aliphatic hydroxyl groups is 1. The topological polar surface area (TPSA) is 20.2 Å². The summed E-state index contributed by atoms with van der Waals surface area (Å²) < 4.78 is 0. The largest absolute Gasteiger partial charge is 0.374 e. The van der Waals surface area contributed by atoms with Crippen molar-refractivity contribution in [2.24, 2.45) is 0 Å². The van der Waals surface area contributed by atoms with Crippen LogP contribution < -0.4 is 0 Å². The van der Waals surface area contributed by atoms with E-state index in [1.807, 2.05) is 55.5 Å². The van der Waals surface area contributed by atoms with Crippen molar-refractivity contribution in [3.63, 3.8) is 0 Å². The van der Waals surface area contributed by atoms with E-state index >= 15 is 0 Å². The molecule has 0 spiro atoms. The lowest BCUT2D eigenvalue weighted by Gasteiger charge is -2.17. The zero-order valence-corrected chi connectivity index (χ0v) is 12.4. The maximum Gasteiger partial charge on any atom is 0.148 e. The minimum absolute atomic E-state index is 0.725. The molecule has 2 heteroatoms. The summed E-state index contributed by atoms with van der Waals surface area (Å²) in [5.41, 5.74) is 1.88. The Hall–Kier alpha value is -1.75. The van der Waals surface area contributed by atoms with Crippen LogP contribution in [0.1, 0.15) is 25.8 Å². The van der Waals surface area contributed by atoms with Crippen LogP contribution in [0.15, 0.2) is 48.5 Å². The third kappa shape index (κ3) is 3.42. The number of hydrogen-bond donors (Lipinski definition) is 1. The van der Waals surface area contributed by atoms with Gasteiger partial charge in [0.05, 0.1) is 0 Å². The predicted octanol–water partition coefficient (Wildman–Crippen LogP) is 4.63. The van der Waals surface area contributed by atoms with E-state index < -0.39 is 5.60 Å². The van der Waals surface area contributed by atoms with Crippen molar-refractivity contribution >= 4 is 11.6 Å². The molecule has 1 N–H and O–H groups in total. The monoisotopic (exact) mass is 284 g/mol. The van der Waals surface area contributed by atoms with E-state index in [0.717, 1.165) is 28.1 Å². The van der Waals surface area contributed by atoms with Crippen LogP contribution in [0.4, 0.5) is 0 Å². The van der Waals surface area contributed by atoms with Crippen LogP contribution in [-0.2, 0) is 5.60 Å². The van der Waals surface area contributed by atoms with Gasteiger partial charge >= 0.3 is 0 Å². The summed E-state index contributed by atoms with van der Waals surface area (Å²) in [5, 5.41) is 11.0. The molecule has 0 saturated heterocycles. The van der Waals surface area contributed by atoms with Gasteiger partial charge in [-0.25, -0.2) is 0 Å². The van der Waals surface area contributed by atoms with E-state index in [2.05, 4.69) is 11.8 Å². The van der Waals surface area contributed by atoms with Gasteiger partial charge in [-0.1, -0.05) is 60.8 Å². The second-order valence-corrected chi connectivity index (χ2v) is 5.25. The van der Waals surface area contributed by atoms with E-state index in [4.69, 9.17) is 11.6 Å². The van der Waals surface area contributed by atoms with Crippen molar-refractivity contribution < 1.29 is 5.11 Å². The van der Waals surface area contributed by atoms with Crippen molar-refractivity contribution in [1.82, 2.24) is 0 Å². The van der Waals surface area contributed by atoms with Crippen LogP contribution in [0.5, 0.6) is 0 Å². The molecule has 0 aliphatic carbocycles. The molecule has 0 fully saturated rings. The van der Waals surface area contributed by atoms with Crippen LogP contribution in [0, 0.1) is 11.8 Å². The highest BCUT2D eigenvalue weighted by Gasteiger charge is 2.19. The smallest absolute Gasteiger partial charge is 0.148 e. The van der Waals surface area contributed by atoms with Gasteiger partial charge < -0.3 is 5.11 Å². The first-order valence-corrected chi connectivity index (χ1v) is 6.99. The highest BCUT2D eigenvalue weighted by Crippen LogP contribution is 2.25. The standard InChI is InChI=1S/C18H17ClO/c1-3-4-13-18(2,20)16-9-5-14(6-10-16)15-7-11-17(19)12-8-15/h5-12,20H,3H2,1-2H3. The van der Waals surface area contributed by atoms with Gasteiger partial charge in [-0.3, -0.25) is 0 Å². The van der Waals surface area contributed by atoms with E-state index in [-0.39, 0.29) is 0 Å². The van der Waals surface area contributed by atoms with Crippen LogP contribution in [0.25, 0.3) is 11.1 Å². The van der Waals surface area contributed by atoms with E-state index in [9.17, 15) is 5.11 Å². The number of benzene rings is 2. The maximum atomic E-state index is 10.3. The van der Waals surface area contributed by atoms with E-state index in [1.54, 1.807) is 6.92 Å². The fourth-order valence-electron chi connectivity index (χ4n) is 1.96. The van der Waals surface area contributed by atoms with Crippen molar-refractivity contribution in [3.8, 4) is 23.0 Å². The molecule has 0 amide bonds. The second kappa shape index (κ2) is 6.13. The highest BCUT2D eigenvalue weighted by atomic mass is 35.5. The summed E-state index contributed by atoms with van der Waals surface area (Å²) >= 11 is 5.88. The molecular formula is C18H17ClO. The summed E-state index contributed by atoms with van der Waals surface area (Å²) in [6, 6.07) is 15.5. The Bertz CT molecular complexity index is 628. The van der Waals surface area contributed by atoms with Gasteiger partial charge in [-0.05, 0) is 35.7 Å². The van der Waals surface area contributed by atoms with Crippen molar-refractivity contribution in [2.75, 3.05) is 0 Å². The van der Waals surface area contributed by atoms with Gasteiger partial charge in [-0.15, -0.1) is 5.92 Å². The Kier molecular flexibility index (Phi) is 4.49. The summed E-state index contributed by atoms with van der Waals surface area (Å²) in [4.78, 5) is 0. The lowest BCUT2D eigenvalue weighted by Crippen LogP contribution is -2.18. The quantitative estimate of drug-likeness (QED) is 0.797. The molecule has 0 aliphatic rings. The molecule has 2 rings (SSSR count). The van der Waals surface area contributed by atoms with Gasteiger partial charge in [-0.2, -0.15) is 0 Å².